The first kappa shape index (κ1) is 11.6. The van der Waals surface area contributed by atoms with Gasteiger partial charge >= 0.3 is 0 Å². The Morgan fingerprint density at radius 2 is 2.25 bits per heavy atom. The number of aliphatic hydroxyl groups is 1. The van der Waals surface area contributed by atoms with Crippen LogP contribution in [0.5, 0.6) is 0 Å². The van der Waals surface area contributed by atoms with Gasteiger partial charge in [0.25, 0.3) is 0 Å². The van der Waals surface area contributed by atoms with E-state index in [1.165, 1.54) is 0 Å². The summed E-state index contributed by atoms with van der Waals surface area (Å²) in [5, 5.41) is 14.7. The Morgan fingerprint density at radius 1 is 1.50 bits per heavy atom. The van der Waals surface area contributed by atoms with E-state index in [0.29, 0.717) is 10.6 Å². The maximum Gasteiger partial charge on any atom is 0.109 e. The van der Waals surface area contributed by atoms with E-state index in [1.54, 1.807) is 36.3 Å². The highest BCUT2D eigenvalue weighted by Gasteiger charge is 2.15. The van der Waals surface area contributed by atoms with Crippen molar-refractivity contribution in [2.75, 3.05) is 0 Å². The predicted molar refractivity (Wildman–Crippen MR) is 66.4 cm³/mol. The molecule has 0 aliphatic carbocycles. The van der Waals surface area contributed by atoms with Crippen LogP contribution in [-0.4, -0.2) is 14.9 Å². The zero-order valence-electron chi connectivity index (χ0n) is 8.56. The fourth-order valence-corrected chi connectivity index (χ4v) is 2.08. The maximum atomic E-state index is 10.2. The van der Waals surface area contributed by atoms with E-state index < -0.39 is 6.10 Å². The number of aliphatic hydroxyl groups excluding tert-OH is 1. The molecule has 1 aromatic heterocycles. The van der Waals surface area contributed by atoms with Crippen LogP contribution < -0.4 is 0 Å². The molecule has 1 atom stereocenters. The van der Waals surface area contributed by atoms with Gasteiger partial charge in [0.1, 0.15) is 6.10 Å². The number of halogens is 2. The van der Waals surface area contributed by atoms with Crippen LogP contribution in [0.15, 0.2) is 35.1 Å². The second-order valence-corrected chi connectivity index (χ2v) is 4.84. The highest BCUT2D eigenvalue weighted by Crippen LogP contribution is 2.30. The third-order valence-corrected chi connectivity index (χ3v) is 3.13. The summed E-state index contributed by atoms with van der Waals surface area (Å²) < 4.78 is 2.53. The monoisotopic (exact) mass is 300 g/mol. The molecule has 0 saturated carbocycles. The molecule has 0 bridgehead atoms. The molecular weight excluding hydrogens is 291 g/mol. The van der Waals surface area contributed by atoms with E-state index in [2.05, 4.69) is 21.0 Å². The van der Waals surface area contributed by atoms with Crippen molar-refractivity contribution in [2.24, 2.45) is 7.05 Å². The molecule has 0 aliphatic rings. The van der Waals surface area contributed by atoms with Gasteiger partial charge in [0, 0.05) is 33.9 Å². The van der Waals surface area contributed by atoms with Gasteiger partial charge in [0.15, 0.2) is 0 Å². The van der Waals surface area contributed by atoms with Gasteiger partial charge in [-0.2, -0.15) is 5.10 Å². The van der Waals surface area contributed by atoms with Crippen LogP contribution in [0.4, 0.5) is 0 Å². The van der Waals surface area contributed by atoms with Crippen molar-refractivity contribution in [3.8, 4) is 0 Å². The number of hydrogen-bond acceptors (Lipinski definition) is 2. The second-order valence-electron chi connectivity index (χ2n) is 3.52. The molecule has 0 amide bonds. The molecule has 1 N–H and O–H groups in total. The van der Waals surface area contributed by atoms with Crippen molar-refractivity contribution < 1.29 is 5.11 Å². The Bertz CT molecular complexity index is 512. The summed E-state index contributed by atoms with van der Waals surface area (Å²) in [5.41, 5.74) is 1.39. The standard InChI is InChI=1S/C11H10BrClN2O/c1-15-6-7(5-14-15)11(16)9-4-8(12)2-3-10(9)13/h2-6,11,16H,1H3. The van der Waals surface area contributed by atoms with Crippen molar-refractivity contribution >= 4 is 27.5 Å². The maximum absolute atomic E-state index is 10.2. The van der Waals surface area contributed by atoms with Crippen LogP contribution in [0.25, 0.3) is 0 Å². The van der Waals surface area contributed by atoms with Crippen LogP contribution in [0.3, 0.4) is 0 Å². The Balaban J connectivity index is 2.40. The van der Waals surface area contributed by atoms with Gasteiger partial charge in [-0.3, -0.25) is 4.68 Å². The van der Waals surface area contributed by atoms with Gasteiger partial charge in [-0.15, -0.1) is 0 Å². The number of hydrogen-bond donors (Lipinski definition) is 1. The molecule has 2 aromatic rings. The second kappa shape index (κ2) is 4.57. The van der Waals surface area contributed by atoms with Crippen LogP contribution in [0.1, 0.15) is 17.2 Å². The first-order valence-electron chi connectivity index (χ1n) is 4.69. The van der Waals surface area contributed by atoms with Gasteiger partial charge in [-0.05, 0) is 18.2 Å². The number of aryl methyl sites for hydroxylation is 1. The van der Waals surface area contributed by atoms with Crippen molar-refractivity contribution in [3.05, 3.63) is 51.2 Å². The van der Waals surface area contributed by atoms with Gasteiger partial charge in [0.05, 0.1) is 6.20 Å². The van der Waals surface area contributed by atoms with Crippen molar-refractivity contribution in [1.82, 2.24) is 9.78 Å². The zero-order chi connectivity index (χ0) is 11.7. The lowest BCUT2D eigenvalue weighted by Gasteiger charge is -2.11. The summed E-state index contributed by atoms with van der Waals surface area (Å²) >= 11 is 9.39. The number of aromatic nitrogens is 2. The summed E-state index contributed by atoms with van der Waals surface area (Å²) in [7, 11) is 1.80. The Labute approximate surface area is 107 Å². The Kier molecular flexibility index (Phi) is 3.33. The average Bonchev–Trinajstić information content (AvgIpc) is 2.67. The molecule has 3 nitrogen and oxygen atoms in total. The van der Waals surface area contributed by atoms with Gasteiger partial charge in [0.2, 0.25) is 0 Å². The van der Waals surface area contributed by atoms with E-state index in [4.69, 9.17) is 11.6 Å². The van der Waals surface area contributed by atoms with Gasteiger partial charge in [-0.25, -0.2) is 0 Å². The lowest BCUT2D eigenvalue weighted by atomic mass is 10.1. The first-order valence-corrected chi connectivity index (χ1v) is 5.86. The van der Waals surface area contributed by atoms with E-state index in [1.807, 2.05) is 6.07 Å². The predicted octanol–water partition coefficient (Wildman–Crippen LogP) is 2.92. The third-order valence-electron chi connectivity index (χ3n) is 2.29. The minimum atomic E-state index is -0.751. The average molecular weight is 302 g/mol. The van der Waals surface area contributed by atoms with Crippen molar-refractivity contribution in [2.45, 2.75) is 6.10 Å². The van der Waals surface area contributed by atoms with Crippen molar-refractivity contribution in [1.29, 1.82) is 0 Å². The number of nitrogens with zero attached hydrogens (tertiary/aromatic N) is 2. The fourth-order valence-electron chi connectivity index (χ4n) is 1.49. The number of benzene rings is 1. The lowest BCUT2D eigenvalue weighted by molar-refractivity contribution is 0.220. The van der Waals surface area contributed by atoms with E-state index >= 15 is 0 Å². The molecule has 5 heteroatoms. The Hall–Kier alpha value is -0.840. The molecule has 1 heterocycles. The van der Waals surface area contributed by atoms with Crippen LogP contribution in [-0.2, 0) is 7.05 Å². The Morgan fingerprint density at radius 3 is 2.88 bits per heavy atom. The summed E-state index contributed by atoms with van der Waals surface area (Å²) in [6.45, 7) is 0. The lowest BCUT2D eigenvalue weighted by Crippen LogP contribution is -1.99. The van der Waals surface area contributed by atoms with Gasteiger partial charge in [-0.1, -0.05) is 27.5 Å². The first-order chi connectivity index (χ1) is 7.58. The van der Waals surface area contributed by atoms with Crippen LogP contribution in [0.2, 0.25) is 5.02 Å². The van der Waals surface area contributed by atoms with Crippen LogP contribution >= 0.6 is 27.5 Å². The molecule has 0 spiro atoms. The summed E-state index contributed by atoms with van der Waals surface area (Å²) in [6, 6.07) is 5.39. The van der Waals surface area contributed by atoms with Crippen LogP contribution in [0, 0.1) is 0 Å². The molecule has 0 saturated heterocycles. The third kappa shape index (κ3) is 2.29. The molecule has 1 aromatic carbocycles. The zero-order valence-corrected chi connectivity index (χ0v) is 10.9. The molecule has 2 rings (SSSR count). The highest BCUT2D eigenvalue weighted by molar-refractivity contribution is 9.10. The van der Waals surface area contributed by atoms with Crippen molar-refractivity contribution in [3.63, 3.8) is 0 Å². The molecule has 0 fully saturated rings. The van der Waals surface area contributed by atoms with E-state index in [-0.39, 0.29) is 0 Å². The topological polar surface area (TPSA) is 38.0 Å². The highest BCUT2D eigenvalue weighted by atomic mass is 79.9. The SMILES string of the molecule is Cn1cc(C(O)c2cc(Br)ccc2Cl)cn1. The summed E-state index contributed by atoms with van der Waals surface area (Å²) in [6.07, 6.45) is 2.64. The molecule has 84 valence electrons. The molecule has 0 radical (unpaired) electrons. The van der Waals surface area contributed by atoms with Gasteiger partial charge < -0.3 is 5.11 Å². The smallest absolute Gasteiger partial charge is 0.109 e. The molecule has 1 unspecified atom stereocenters. The normalized spacial score (nSPS) is 12.8. The fraction of sp³-hybridized carbons (Fsp3) is 0.182. The minimum absolute atomic E-state index is 0.541. The van der Waals surface area contributed by atoms with E-state index in [0.717, 1.165) is 10.0 Å². The largest absolute Gasteiger partial charge is 0.383 e. The molecular formula is C11H10BrClN2O. The summed E-state index contributed by atoms with van der Waals surface area (Å²) in [5.74, 6) is 0. The molecule has 16 heavy (non-hydrogen) atoms. The molecule has 0 aliphatic heterocycles. The minimum Gasteiger partial charge on any atom is -0.383 e. The summed E-state index contributed by atoms with van der Waals surface area (Å²) in [4.78, 5) is 0. The number of rotatable bonds is 2. The van der Waals surface area contributed by atoms with E-state index in [9.17, 15) is 5.11 Å². The quantitative estimate of drug-likeness (QED) is 0.926.